The molecule has 0 aromatic heterocycles. The Morgan fingerprint density at radius 1 is 0.857 bits per heavy atom. The predicted octanol–water partition coefficient (Wildman–Crippen LogP) is 2.42. The fraction of sp³-hybridized carbons (Fsp3) is 0.176. The molecular weight excluding hydrogens is 264 g/mol. The molecule has 1 saturated heterocycles. The normalized spacial score (nSPS) is 21.2. The van der Waals surface area contributed by atoms with Crippen molar-refractivity contribution in [3.63, 3.8) is 0 Å². The Hall–Kier alpha value is -2.62. The Labute approximate surface area is 123 Å². The van der Waals surface area contributed by atoms with Crippen molar-refractivity contribution in [2.24, 2.45) is 0 Å². The maximum Gasteiger partial charge on any atom is 0.322 e. The number of urea groups is 1. The highest BCUT2D eigenvalue weighted by atomic mass is 16.2. The largest absolute Gasteiger partial charge is 0.323 e. The number of nitrogens with one attached hydrogen (secondary N) is 2. The second kappa shape index (κ2) is 5.05. The second-order valence-corrected chi connectivity index (χ2v) is 5.36. The Morgan fingerprint density at radius 2 is 1.33 bits per heavy atom. The lowest BCUT2D eigenvalue weighted by Gasteiger charge is -2.32. The molecule has 0 aliphatic carbocycles. The Bertz CT molecular complexity index is 630. The van der Waals surface area contributed by atoms with Gasteiger partial charge in [0.15, 0.2) is 0 Å². The summed E-state index contributed by atoms with van der Waals surface area (Å²) in [6, 6.07) is 19.0. The maximum absolute atomic E-state index is 12.3. The van der Waals surface area contributed by atoms with E-state index in [0.717, 1.165) is 11.1 Å². The van der Waals surface area contributed by atoms with Gasteiger partial charge in [-0.3, -0.25) is 10.1 Å². The molecule has 1 fully saturated rings. The molecule has 21 heavy (non-hydrogen) atoms. The summed E-state index contributed by atoms with van der Waals surface area (Å²) in [6.45, 7) is 1.76. The van der Waals surface area contributed by atoms with E-state index in [-0.39, 0.29) is 11.8 Å². The van der Waals surface area contributed by atoms with E-state index in [9.17, 15) is 9.59 Å². The van der Waals surface area contributed by atoms with Crippen LogP contribution in [0.25, 0.3) is 0 Å². The van der Waals surface area contributed by atoms with Crippen LogP contribution in [0.4, 0.5) is 4.79 Å². The molecule has 3 rings (SSSR count). The molecule has 2 N–H and O–H groups in total. The average Bonchev–Trinajstić information content (AvgIpc) is 2.75. The van der Waals surface area contributed by atoms with Crippen LogP contribution in [0.15, 0.2) is 60.7 Å². The van der Waals surface area contributed by atoms with Crippen molar-refractivity contribution in [3.8, 4) is 0 Å². The minimum atomic E-state index is -1.00. The molecule has 0 radical (unpaired) electrons. The summed E-state index contributed by atoms with van der Waals surface area (Å²) in [7, 11) is 0. The first-order valence-corrected chi connectivity index (χ1v) is 6.85. The van der Waals surface area contributed by atoms with Crippen molar-refractivity contribution < 1.29 is 9.59 Å². The third-order valence-electron chi connectivity index (χ3n) is 3.92. The molecule has 4 nitrogen and oxygen atoms in total. The second-order valence-electron chi connectivity index (χ2n) is 5.36. The molecule has 1 aliphatic heterocycles. The van der Waals surface area contributed by atoms with Crippen molar-refractivity contribution in [3.05, 3.63) is 71.8 Å². The number of imide groups is 1. The topological polar surface area (TPSA) is 58.2 Å². The number of hydrogen-bond acceptors (Lipinski definition) is 2. The number of carbonyl (C=O) groups excluding carboxylic acids is 2. The van der Waals surface area contributed by atoms with Crippen LogP contribution in [0.3, 0.4) is 0 Å². The van der Waals surface area contributed by atoms with Gasteiger partial charge in [-0.05, 0) is 18.1 Å². The Balaban J connectivity index is 2.14. The van der Waals surface area contributed by atoms with E-state index < -0.39 is 11.6 Å². The number of carbonyl (C=O) groups is 2. The van der Waals surface area contributed by atoms with Crippen LogP contribution in [0, 0.1) is 0 Å². The Kier molecular flexibility index (Phi) is 3.22. The minimum absolute atomic E-state index is 0.244. The SMILES string of the molecule is CC1(C(c2ccccc2)c2ccccc2)NC(=O)NC1=O. The van der Waals surface area contributed by atoms with Crippen LogP contribution >= 0.6 is 0 Å². The minimum Gasteiger partial charge on any atom is -0.323 e. The third kappa shape index (κ3) is 2.29. The van der Waals surface area contributed by atoms with Crippen LogP contribution in [0.5, 0.6) is 0 Å². The van der Waals surface area contributed by atoms with Crippen molar-refractivity contribution in [2.75, 3.05) is 0 Å². The fourth-order valence-corrected chi connectivity index (χ4v) is 2.91. The number of amides is 3. The van der Waals surface area contributed by atoms with Crippen LogP contribution in [0.1, 0.15) is 24.0 Å². The quantitative estimate of drug-likeness (QED) is 0.848. The first-order valence-electron chi connectivity index (χ1n) is 6.85. The van der Waals surface area contributed by atoms with Gasteiger partial charge in [-0.25, -0.2) is 4.79 Å². The molecule has 0 spiro atoms. The summed E-state index contributed by atoms with van der Waals surface area (Å²) >= 11 is 0. The van der Waals surface area contributed by atoms with Gasteiger partial charge in [0.2, 0.25) is 0 Å². The molecule has 106 valence electrons. The van der Waals surface area contributed by atoms with Gasteiger partial charge in [-0.15, -0.1) is 0 Å². The van der Waals surface area contributed by atoms with Gasteiger partial charge in [0.25, 0.3) is 5.91 Å². The zero-order valence-corrected chi connectivity index (χ0v) is 11.7. The summed E-state index contributed by atoms with van der Waals surface area (Å²) in [6.07, 6.45) is 0. The number of hydrogen-bond donors (Lipinski definition) is 2. The van der Waals surface area contributed by atoms with Gasteiger partial charge in [0.1, 0.15) is 5.54 Å². The van der Waals surface area contributed by atoms with Crippen molar-refractivity contribution in [1.82, 2.24) is 10.6 Å². The third-order valence-corrected chi connectivity index (χ3v) is 3.92. The van der Waals surface area contributed by atoms with Crippen LogP contribution < -0.4 is 10.6 Å². The molecule has 1 aliphatic rings. The zero-order valence-electron chi connectivity index (χ0n) is 11.7. The smallest absolute Gasteiger partial charge is 0.322 e. The molecule has 0 saturated carbocycles. The molecule has 1 heterocycles. The van der Waals surface area contributed by atoms with Gasteiger partial charge >= 0.3 is 6.03 Å². The summed E-state index contributed by atoms with van der Waals surface area (Å²) in [4.78, 5) is 23.9. The maximum atomic E-state index is 12.3. The Morgan fingerprint density at radius 3 is 1.71 bits per heavy atom. The summed E-state index contributed by atoms with van der Waals surface area (Å²) in [5.74, 6) is -0.545. The molecule has 3 amide bonds. The predicted molar refractivity (Wildman–Crippen MR) is 79.8 cm³/mol. The summed E-state index contributed by atoms with van der Waals surface area (Å²) < 4.78 is 0. The average molecular weight is 280 g/mol. The van der Waals surface area contributed by atoms with E-state index in [0.29, 0.717) is 0 Å². The first kappa shape index (κ1) is 13.4. The van der Waals surface area contributed by atoms with Gasteiger partial charge in [0, 0.05) is 5.92 Å². The van der Waals surface area contributed by atoms with Crippen LogP contribution in [-0.4, -0.2) is 17.5 Å². The van der Waals surface area contributed by atoms with Gasteiger partial charge in [-0.1, -0.05) is 60.7 Å². The van der Waals surface area contributed by atoms with E-state index in [4.69, 9.17) is 0 Å². The van der Waals surface area contributed by atoms with E-state index in [1.807, 2.05) is 60.7 Å². The van der Waals surface area contributed by atoms with Crippen molar-refractivity contribution >= 4 is 11.9 Å². The lowest BCUT2D eigenvalue weighted by atomic mass is 9.76. The lowest BCUT2D eigenvalue weighted by Crippen LogP contribution is -2.49. The lowest BCUT2D eigenvalue weighted by molar-refractivity contribution is -0.123. The molecular formula is C17H16N2O2. The van der Waals surface area contributed by atoms with Crippen LogP contribution in [0.2, 0.25) is 0 Å². The van der Waals surface area contributed by atoms with E-state index in [1.165, 1.54) is 0 Å². The highest BCUT2D eigenvalue weighted by Crippen LogP contribution is 2.36. The van der Waals surface area contributed by atoms with Gasteiger partial charge in [-0.2, -0.15) is 0 Å². The monoisotopic (exact) mass is 280 g/mol. The molecule has 2 aromatic carbocycles. The number of benzene rings is 2. The van der Waals surface area contributed by atoms with Gasteiger partial charge < -0.3 is 5.32 Å². The summed E-state index contributed by atoms with van der Waals surface area (Å²) in [5.41, 5.74) is 0.979. The molecule has 4 heteroatoms. The highest BCUT2D eigenvalue weighted by Gasteiger charge is 2.49. The van der Waals surface area contributed by atoms with E-state index in [2.05, 4.69) is 10.6 Å². The van der Waals surface area contributed by atoms with Crippen molar-refractivity contribution in [1.29, 1.82) is 0 Å². The van der Waals surface area contributed by atoms with Crippen LogP contribution in [-0.2, 0) is 4.79 Å². The van der Waals surface area contributed by atoms with E-state index in [1.54, 1.807) is 6.92 Å². The molecule has 2 aromatic rings. The fourth-order valence-electron chi connectivity index (χ4n) is 2.91. The number of rotatable bonds is 3. The molecule has 0 bridgehead atoms. The molecule has 1 unspecified atom stereocenters. The van der Waals surface area contributed by atoms with Crippen molar-refractivity contribution in [2.45, 2.75) is 18.4 Å². The van der Waals surface area contributed by atoms with Gasteiger partial charge in [0.05, 0.1) is 0 Å². The zero-order chi connectivity index (χ0) is 14.9. The molecule has 1 atom stereocenters. The standard InChI is InChI=1S/C17H16N2O2/c1-17(15(20)18-16(21)19-17)14(12-8-4-2-5-9-12)13-10-6-3-7-11-13/h2-11,14H,1H3,(H2,18,19,20,21). The first-order chi connectivity index (χ1) is 10.1. The van der Waals surface area contributed by atoms with E-state index >= 15 is 0 Å². The summed E-state index contributed by atoms with van der Waals surface area (Å²) in [5, 5.41) is 5.12. The highest BCUT2D eigenvalue weighted by molar-refractivity contribution is 6.07.